The van der Waals surface area contributed by atoms with E-state index in [4.69, 9.17) is 14.2 Å². The lowest BCUT2D eigenvalue weighted by atomic mass is 9.60. The van der Waals surface area contributed by atoms with Crippen LogP contribution in [-0.2, 0) is 21.4 Å². The van der Waals surface area contributed by atoms with Gasteiger partial charge in [0.1, 0.15) is 6.10 Å². The molecule has 0 saturated heterocycles. The number of nitrogens with zero attached hydrogens (tertiary/aromatic N) is 2. The van der Waals surface area contributed by atoms with Crippen LogP contribution < -0.4 is 0 Å². The van der Waals surface area contributed by atoms with Gasteiger partial charge in [0.15, 0.2) is 5.82 Å². The molecular weight excluding hydrogens is 540 g/mol. The number of ether oxygens (including phenoxy) is 1. The number of carbonyl (C=O) groups is 1. The SMILES string of the molecule is C=C1/C(=C\C=C2/CCC[C@]3(C)[C@@H]([C@H](C)CC[C@@H](OC(=O)C(C)C)C4(c5nc(CCC)no5)CC4)CC[C@@H]23)C[C@@H](O)C[C@@H]1O. The summed E-state index contributed by atoms with van der Waals surface area (Å²) in [5, 5.41) is 24.7. The van der Waals surface area contributed by atoms with Gasteiger partial charge in [-0.25, -0.2) is 0 Å². The first kappa shape index (κ1) is 32.2. The maximum Gasteiger partial charge on any atom is 0.308 e. The molecule has 0 aromatic carbocycles. The van der Waals surface area contributed by atoms with E-state index in [1.54, 1.807) is 0 Å². The number of hydrogen-bond donors (Lipinski definition) is 2. The van der Waals surface area contributed by atoms with E-state index in [0.717, 1.165) is 61.9 Å². The third kappa shape index (κ3) is 6.58. The first-order valence-electron chi connectivity index (χ1n) is 17.0. The summed E-state index contributed by atoms with van der Waals surface area (Å²) in [4.78, 5) is 17.6. The molecule has 7 atom stereocenters. The maximum atomic E-state index is 12.8. The minimum absolute atomic E-state index is 0.151. The molecule has 1 heterocycles. The molecule has 0 radical (unpaired) electrons. The number of carbonyl (C=O) groups excluding carboxylic acids is 1. The van der Waals surface area contributed by atoms with Crippen molar-refractivity contribution in [1.82, 2.24) is 10.1 Å². The van der Waals surface area contributed by atoms with Crippen LogP contribution in [0.25, 0.3) is 0 Å². The molecule has 2 N–H and O–H groups in total. The Balaban J connectivity index is 1.29. The summed E-state index contributed by atoms with van der Waals surface area (Å²) in [6.07, 6.45) is 15.3. The molecule has 4 saturated carbocycles. The van der Waals surface area contributed by atoms with E-state index in [1.807, 2.05) is 13.8 Å². The molecule has 238 valence electrons. The third-order valence-corrected chi connectivity index (χ3v) is 11.4. The van der Waals surface area contributed by atoms with Crippen LogP contribution >= 0.6 is 0 Å². The highest BCUT2D eigenvalue weighted by molar-refractivity contribution is 5.72. The van der Waals surface area contributed by atoms with Gasteiger partial charge in [0.2, 0.25) is 5.89 Å². The fraction of sp³-hybridized carbons (Fsp3) is 0.750. The van der Waals surface area contributed by atoms with Crippen molar-refractivity contribution in [3.63, 3.8) is 0 Å². The standard InChI is InChI=1S/C36H54N2O5/c1-7-9-32-37-34(43-38-32)36(18-19-36)31(42-33(41)22(2)3)16-11-23(4)28-14-15-29-25(10-8-17-35(28,29)6)12-13-26-20-27(39)21-30(40)24(26)5/h12-13,22-23,27-31,39-40H,5,7-11,14-21H2,1-4,6H3/b25-12+,26-13-/t23-,27-,28-,29+,30+,31-,35-/m1/s1. The average molecular weight is 595 g/mol. The Kier molecular flexibility index (Phi) is 9.72. The van der Waals surface area contributed by atoms with Crippen molar-refractivity contribution in [2.45, 2.75) is 142 Å². The summed E-state index contributed by atoms with van der Waals surface area (Å²) in [6.45, 7) is 14.9. The zero-order valence-corrected chi connectivity index (χ0v) is 27.1. The van der Waals surface area contributed by atoms with Gasteiger partial charge in [-0.2, -0.15) is 4.98 Å². The third-order valence-electron chi connectivity index (χ3n) is 11.4. The summed E-state index contributed by atoms with van der Waals surface area (Å²) in [5.74, 6) is 2.73. The molecule has 43 heavy (non-hydrogen) atoms. The summed E-state index contributed by atoms with van der Waals surface area (Å²) < 4.78 is 12.0. The molecule has 4 fully saturated rings. The summed E-state index contributed by atoms with van der Waals surface area (Å²) in [6, 6.07) is 0. The minimum Gasteiger partial charge on any atom is -0.461 e. The fourth-order valence-corrected chi connectivity index (χ4v) is 8.61. The molecule has 1 aromatic rings. The zero-order chi connectivity index (χ0) is 30.9. The molecule has 0 aliphatic heterocycles. The van der Waals surface area contributed by atoms with Crippen molar-refractivity contribution in [3.05, 3.63) is 47.2 Å². The van der Waals surface area contributed by atoms with Crippen LogP contribution in [0.5, 0.6) is 0 Å². The number of fused-ring (bicyclic) bond motifs is 1. The highest BCUT2D eigenvalue weighted by atomic mass is 16.5. The zero-order valence-electron chi connectivity index (χ0n) is 27.1. The predicted molar refractivity (Wildman–Crippen MR) is 167 cm³/mol. The van der Waals surface area contributed by atoms with Crippen LogP contribution in [0.3, 0.4) is 0 Å². The Morgan fingerprint density at radius 1 is 1.16 bits per heavy atom. The lowest BCUT2D eigenvalue weighted by Crippen LogP contribution is -2.37. The summed E-state index contributed by atoms with van der Waals surface area (Å²) >= 11 is 0. The number of allylic oxidation sites excluding steroid dienone is 3. The maximum absolute atomic E-state index is 12.8. The van der Waals surface area contributed by atoms with Crippen LogP contribution in [0.2, 0.25) is 0 Å². The van der Waals surface area contributed by atoms with Crippen molar-refractivity contribution >= 4 is 5.97 Å². The topological polar surface area (TPSA) is 106 Å². The molecule has 7 heteroatoms. The van der Waals surface area contributed by atoms with E-state index in [1.165, 1.54) is 31.3 Å². The van der Waals surface area contributed by atoms with Gasteiger partial charge in [0.05, 0.1) is 23.5 Å². The molecule has 0 unspecified atom stereocenters. The van der Waals surface area contributed by atoms with E-state index >= 15 is 0 Å². The van der Waals surface area contributed by atoms with Gasteiger partial charge >= 0.3 is 5.97 Å². The van der Waals surface area contributed by atoms with Crippen LogP contribution in [0.15, 0.2) is 40.0 Å². The molecule has 4 aliphatic carbocycles. The van der Waals surface area contributed by atoms with Crippen LogP contribution in [0.1, 0.15) is 123 Å². The molecule has 5 rings (SSSR count). The van der Waals surface area contributed by atoms with E-state index in [0.29, 0.717) is 36.5 Å². The number of rotatable bonds is 11. The quantitative estimate of drug-likeness (QED) is 0.262. The van der Waals surface area contributed by atoms with Crippen molar-refractivity contribution in [2.24, 2.45) is 29.1 Å². The first-order chi connectivity index (χ1) is 20.5. The smallest absolute Gasteiger partial charge is 0.308 e. The molecule has 7 nitrogen and oxygen atoms in total. The van der Waals surface area contributed by atoms with Gasteiger partial charge in [-0.1, -0.05) is 64.1 Å². The van der Waals surface area contributed by atoms with E-state index in [9.17, 15) is 15.0 Å². The number of aromatic nitrogens is 2. The molecule has 4 aliphatic rings. The van der Waals surface area contributed by atoms with E-state index < -0.39 is 12.2 Å². The largest absolute Gasteiger partial charge is 0.461 e. The van der Waals surface area contributed by atoms with E-state index in [-0.39, 0.29) is 28.8 Å². The number of esters is 1. The Morgan fingerprint density at radius 3 is 2.63 bits per heavy atom. The number of aryl methyl sites for hydroxylation is 1. The molecule has 1 aromatic heterocycles. The van der Waals surface area contributed by atoms with E-state index in [2.05, 4.69) is 44.7 Å². The average Bonchev–Trinajstić information content (AvgIpc) is 3.49. The number of aliphatic hydroxyl groups is 2. The Morgan fingerprint density at radius 2 is 1.93 bits per heavy atom. The van der Waals surface area contributed by atoms with Gasteiger partial charge in [-0.15, -0.1) is 0 Å². The summed E-state index contributed by atoms with van der Waals surface area (Å²) in [7, 11) is 0. The van der Waals surface area contributed by atoms with Crippen LogP contribution in [-0.4, -0.2) is 44.6 Å². The monoisotopic (exact) mass is 594 g/mol. The minimum atomic E-state index is -0.654. The van der Waals surface area contributed by atoms with Crippen molar-refractivity contribution in [2.75, 3.05) is 0 Å². The van der Waals surface area contributed by atoms with Gasteiger partial charge in [0.25, 0.3) is 0 Å². The highest BCUT2D eigenvalue weighted by Crippen LogP contribution is 2.60. The highest BCUT2D eigenvalue weighted by Gasteiger charge is 2.58. The lowest BCUT2D eigenvalue weighted by molar-refractivity contribution is -0.155. The number of aliphatic hydroxyl groups excluding tert-OH is 2. The van der Waals surface area contributed by atoms with Gasteiger partial charge in [-0.3, -0.25) is 4.79 Å². The second-order valence-corrected chi connectivity index (χ2v) is 14.7. The van der Waals surface area contributed by atoms with Gasteiger partial charge < -0.3 is 19.5 Å². The Hall–Kier alpha value is -2.25. The molecule has 0 bridgehead atoms. The predicted octanol–water partition coefficient (Wildman–Crippen LogP) is 7.18. The molecule has 0 amide bonds. The second-order valence-electron chi connectivity index (χ2n) is 14.7. The van der Waals surface area contributed by atoms with Crippen molar-refractivity contribution < 1.29 is 24.3 Å². The van der Waals surface area contributed by atoms with Crippen molar-refractivity contribution in [1.29, 1.82) is 0 Å². The Labute approximate surface area is 258 Å². The Bertz CT molecular complexity index is 1230. The van der Waals surface area contributed by atoms with Gasteiger partial charge in [-0.05, 0) is 105 Å². The van der Waals surface area contributed by atoms with Crippen LogP contribution in [0.4, 0.5) is 0 Å². The van der Waals surface area contributed by atoms with Crippen LogP contribution in [0, 0.1) is 29.1 Å². The second kappa shape index (κ2) is 13.0. The summed E-state index contributed by atoms with van der Waals surface area (Å²) in [5.41, 5.74) is 3.14. The number of hydrogen-bond acceptors (Lipinski definition) is 7. The fourth-order valence-electron chi connectivity index (χ4n) is 8.61. The molecule has 0 spiro atoms. The van der Waals surface area contributed by atoms with Gasteiger partial charge in [0, 0.05) is 12.8 Å². The molecular formula is C36H54N2O5. The van der Waals surface area contributed by atoms with Crippen molar-refractivity contribution in [3.8, 4) is 0 Å². The lowest BCUT2D eigenvalue weighted by Gasteiger charge is -2.44. The normalized spacial score (nSPS) is 33.5. The first-order valence-corrected chi connectivity index (χ1v) is 17.0.